The normalized spacial score (nSPS) is 11.5. The highest BCUT2D eigenvalue weighted by Crippen LogP contribution is 2.18. The Morgan fingerprint density at radius 2 is 2.24 bits per heavy atom. The Labute approximate surface area is 101 Å². The van der Waals surface area contributed by atoms with Crippen molar-refractivity contribution in [2.24, 2.45) is 0 Å². The first-order chi connectivity index (χ1) is 8.13. The molecule has 0 aliphatic heterocycles. The number of anilines is 1. The second-order valence-corrected chi connectivity index (χ2v) is 4.32. The van der Waals surface area contributed by atoms with Crippen LogP contribution >= 0.6 is 0 Å². The van der Waals surface area contributed by atoms with Gasteiger partial charge in [-0.05, 0) is 32.1 Å². The van der Waals surface area contributed by atoms with Crippen molar-refractivity contribution in [3.8, 4) is 0 Å². The highest BCUT2D eigenvalue weighted by atomic mass is 15.2. The Kier molecular flexibility index (Phi) is 3.28. The molecule has 2 aromatic heterocycles. The quantitative estimate of drug-likeness (QED) is 0.864. The summed E-state index contributed by atoms with van der Waals surface area (Å²) in [6.07, 6.45) is 1.80. The van der Waals surface area contributed by atoms with Gasteiger partial charge in [-0.15, -0.1) is 0 Å². The van der Waals surface area contributed by atoms with Crippen LogP contribution in [-0.2, 0) is 6.54 Å². The first kappa shape index (κ1) is 11.9. The van der Waals surface area contributed by atoms with Crippen molar-refractivity contribution in [3.05, 3.63) is 17.8 Å². The molecule has 0 aromatic carbocycles. The lowest BCUT2D eigenvalue weighted by Crippen LogP contribution is -2.23. The zero-order valence-corrected chi connectivity index (χ0v) is 10.6. The third kappa shape index (κ3) is 2.24. The summed E-state index contributed by atoms with van der Waals surface area (Å²) in [4.78, 5) is 11.0. The first-order valence-electron chi connectivity index (χ1n) is 5.89. The topological polar surface area (TPSA) is 60.0 Å². The number of rotatable bonds is 4. The van der Waals surface area contributed by atoms with E-state index in [9.17, 15) is 0 Å². The molecule has 0 radical (unpaired) electrons. The van der Waals surface area contributed by atoms with Gasteiger partial charge in [0.1, 0.15) is 5.52 Å². The Bertz CT molecular complexity index is 517. The van der Waals surface area contributed by atoms with Crippen LogP contribution in [0.3, 0.4) is 0 Å². The Morgan fingerprint density at radius 1 is 1.47 bits per heavy atom. The summed E-state index contributed by atoms with van der Waals surface area (Å²) in [6, 6.07) is 1.96. The van der Waals surface area contributed by atoms with Gasteiger partial charge in [-0.25, -0.2) is 9.97 Å². The van der Waals surface area contributed by atoms with Gasteiger partial charge < -0.3 is 10.6 Å². The van der Waals surface area contributed by atoms with E-state index < -0.39 is 0 Å². The number of nitrogens with zero attached hydrogens (tertiary/aromatic N) is 4. The van der Waals surface area contributed by atoms with E-state index in [1.165, 1.54) is 0 Å². The van der Waals surface area contributed by atoms with Crippen LogP contribution in [0, 0.1) is 6.92 Å². The van der Waals surface area contributed by atoms with Crippen LogP contribution in [-0.4, -0.2) is 39.6 Å². The van der Waals surface area contributed by atoms with Crippen molar-refractivity contribution in [3.63, 3.8) is 0 Å². The molecule has 0 saturated carbocycles. The number of aryl methyl sites for hydroxylation is 1. The summed E-state index contributed by atoms with van der Waals surface area (Å²) in [6.45, 7) is 6.96. The van der Waals surface area contributed by atoms with E-state index in [-0.39, 0.29) is 0 Å². The van der Waals surface area contributed by atoms with Crippen molar-refractivity contribution in [2.45, 2.75) is 20.4 Å². The SMILES string of the molecule is CCN(C)CCn1c(N)nc2c(C)ccnc21. The summed E-state index contributed by atoms with van der Waals surface area (Å²) in [5, 5.41) is 0. The van der Waals surface area contributed by atoms with E-state index in [1.807, 2.05) is 17.6 Å². The minimum absolute atomic E-state index is 0.548. The third-order valence-electron chi connectivity index (χ3n) is 3.11. The molecule has 0 aliphatic rings. The zero-order valence-electron chi connectivity index (χ0n) is 10.6. The van der Waals surface area contributed by atoms with Crippen LogP contribution < -0.4 is 5.73 Å². The van der Waals surface area contributed by atoms with Gasteiger partial charge in [-0.2, -0.15) is 0 Å². The van der Waals surface area contributed by atoms with Crippen molar-refractivity contribution in [1.82, 2.24) is 19.4 Å². The molecule has 2 rings (SSSR count). The number of hydrogen-bond acceptors (Lipinski definition) is 4. The molecule has 2 aromatic rings. The van der Waals surface area contributed by atoms with Gasteiger partial charge in [0.25, 0.3) is 0 Å². The fourth-order valence-electron chi connectivity index (χ4n) is 1.80. The molecule has 5 heteroatoms. The maximum atomic E-state index is 5.94. The molecule has 0 bridgehead atoms. The zero-order chi connectivity index (χ0) is 12.4. The van der Waals surface area contributed by atoms with Crippen molar-refractivity contribution >= 4 is 17.1 Å². The molecule has 2 heterocycles. The van der Waals surface area contributed by atoms with Crippen LogP contribution in [0.25, 0.3) is 11.2 Å². The smallest absolute Gasteiger partial charge is 0.202 e. The number of nitrogen functional groups attached to an aromatic ring is 1. The van der Waals surface area contributed by atoms with Gasteiger partial charge in [0, 0.05) is 19.3 Å². The standard InChI is InChI=1S/C12H19N5/c1-4-16(3)7-8-17-11-10(15-12(17)13)9(2)5-6-14-11/h5-6H,4,7-8H2,1-3H3,(H2,13,15). The summed E-state index contributed by atoms with van der Waals surface area (Å²) in [7, 11) is 2.09. The van der Waals surface area contributed by atoms with Crippen LogP contribution in [0.1, 0.15) is 12.5 Å². The second kappa shape index (κ2) is 4.71. The van der Waals surface area contributed by atoms with Crippen molar-refractivity contribution < 1.29 is 0 Å². The Morgan fingerprint density at radius 3 is 2.94 bits per heavy atom. The van der Waals surface area contributed by atoms with Crippen LogP contribution in [0.2, 0.25) is 0 Å². The van der Waals surface area contributed by atoms with Crippen molar-refractivity contribution in [1.29, 1.82) is 0 Å². The van der Waals surface area contributed by atoms with Gasteiger partial charge in [0.2, 0.25) is 5.95 Å². The van der Waals surface area contributed by atoms with Gasteiger partial charge in [-0.3, -0.25) is 4.57 Å². The molecule has 0 unspecified atom stereocenters. The van der Waals surface area contributed by atoms with E-state index in [1.54, 1.807) is 6.20 Å². The third-order valence-corrected chi connectivity index (χ3v) is 3.11. The Hall–Kier alpha value is -1.62. The van der Waals surface area contributed by atoms with Crippen LogP contribution in [0.4, 0.5) is 5.95 Å². The minimum atomic E-state index is 0.548. The lowest BCUT2D eigenvalue weighted by atomic mass is 10.3. The molecule has 0 saturated heterocycles. The fraction of sp³-hybridized carbons (Fsp3) is 0.500. The van der Waals surface area contributed by atoms with Crippen LogP contribution in [0.5, 0.6) is 0 Å². The van der Waals surface area contributed by atoms with Gasteiger partial charge in [0.15, 0.2) is 5.65 Å². The average Bonchev–Trinajstić information content (AvgIpc) is 2.64. The number of hydrogen-bond donors (Lipinski definition) is 1. The average molecular weight is 233 g/mol. The molecule has 2 N–H and O–H groups in total. The first-order valence-corrected chi connectivity index (χ1v) is 5.89. The number of imidazole rings is 1. The predicted molar refractivity (Wildman–Crippen MR) is 69.8 cm³/mol. The molecule has 17 heavy (non-hydrogen) atoms. The maximum Gasteiger partial charge on any atom is 0.202 e. The van der Waals surface area contributed by atoms with Gasteiger partial charge in [0.05, 0.1) is 0 Å². The monoisotopic (exact) mass is 233 g/mol. The number of pyridine rings is 1. The lowest BCUT2D eigenvalue weighted by Gasteiger charge is -2.14. The molecule has 92 valence electrons. The summed E-state index contributed by atoms with van der Waals surface area (Å²) >= 11 is 0. The number of nitrogens with two attached hydrogens (primary N) is 1. The molecule has 5 nitrogen and oxygen atoms in total. The summed E-state index contributed by atoms with van der Waals surface area (Å²) < 4.78 is 1.98. The molecule has 0 fully saturated rings. The lowest BCUT2D eigenvalue weighted by molar-refractivity contribution is 0.338. The molecule has 0 aliphatic carbocycles. The number of likely N-dealkylation sites (N-methyl/N-ethyl adjacent to an activating group) is 1. The number of fused-ring (bicyclic) bond motifs is 1. The Balaban J connectivity index is 2.33. The maximum absolute atomic E-state index is 5.94. The fourth-order valence-corrected chi connectivity index (χ4v) is 1.80. The van der Waals surface area contributed by atoms with Gasteiger partial charge in [-0.1, -0.05) is 6.92 Å². The van der Waals surface area contributed by atoms with Crippen LogP contribution in [0.15, 0.2) is 12.3 Å². The highest BCUT2D eigenvalue weighted by molar-refractivity contribution is 5.77. The summed E-state index contributed by atoms with van der Waals surface area (Å²) in [5.41, 5.74) is 8.85. The minimum Gasteiger partial charge on any atom is -0.369 e. The van der Waals surface area contributed by atoms with E-state index in [2.05, 4.69) is 28.8 Å². The van der Waals surface area contributed by atoms with E-state index in [0.29, 0.717) is 5.95 Å². The van der Waals surface area contributed by atoms with Crippen molar-refractivity contribution in [2.75, 3.05) is 25.9 Å². The number of aromatic nitrogens is 3. The van der Waals surface area contributed by atoms with E-state index >= 15 is 0 Å². The van der Waals surface area contributed by atoms with E-state index in [4.69, 9.17) is 5.73 Å². The molecular formula is C12H19N5. The summed E-state index contributed by atoms with van der Waals surface area (Å²) in [5.74, 6) is 0.548. The van der Waals surface area contributed by atoms with Gasteiger partial charge >= 0.3 is 0 Å². The molecule has 0 spiro atoms. The molecule has 0 amide bonds. The second-order valence-electron chi connectivity index (χ2n) is 4.32. The molecular weight excluding hydrogens is 214 g/mol. The van der Waals surface area contributed by atoms with E-state index in [0.717, 1.165) is 36.4 Å². The highest BCUT2D eigenvalue weighted by Gasteiger charge is 2.10. The molecule has 0 atom stereocenters. The predicted octanol–water partition coefficient (Wildman–Crippen LogP) is 1.27. The largest absolute Gasteiger partial charge is 0.369 e.